The van der Waals surface area contributed by atoms with Gasteiger partial charge in [0, 0.05) is 26.0 Å². The summed E-state index contributed by atoms with van der Waals surface area (Å²) in [4.78, 5) is 17.9. The lowest BCUT2D eigenvalue weighted by molar-refractivity contribution is -0.129. The summed E-state index contributed by atoms with van der Waals surface area (Å²) >= 11 is 0. The van der Waals surface area contributed by atoms with Gasteiger partial charge in [0.25, 0.3) is 0 Å². The minimum Gasteiger partial charge on any atom is -0.345 e. The summed E-state index contributed by atoms with van der Waals surface area (Å²) in [5, 5.41) is 3.38. The lowest BCUT2D eigenvalue weighted by atomic mass is 9.99. The van der Waals surface area contributed by atoms with Crippen molar-refractivity contribution in [1.82, 2.24) is 15.2 Å². The third-order valence-electron chi connectivity index (χ3n) is 3.43. The number of aromatic nitrogens is 1. The summed E-state index contributed by atoms with van der Waals surface area (Å²) < 4.78 is 0. The van der Waals surface area contributed by atoms with Crippen LogP contribution in [-0.2, 0) is 11.2 Å². The van der Waals surface area contributed by atoms with Gasteiger partial charge in [0.2, 0.25) is 5.91 Å². The predicted molar refractivity (Wildman–Crippen MR) is 71.2 cm³/mol. The van der Waals surface area contributed by atoms with Crippen LogP contribution in [0, 0.1) is 5.92 Å². The van der Waals surface area contributed by atoms with E-state index in [2.05, 4.69) is 10.3 Å². The number of carbonyl (C=O) groups excluding carboxylic acids is 1. The number of nitrogens with one attached hydrogen (secondary N) is 1. The fourth-order valence-electron chi connectivity index (χ4n) is 2.38. The van der Waals surface area contributed by atoms with Gasteiger partial charge in [-0.1, -0.05) is 6.07 Å². The summed E-state index contributed by atoms with van der Waals surface area (Å²) in [5.74, 6) is 0.773. The first-order valence-corrected chi connectivity index (χ1v) is 6.59. The molecule has 2 heterocycles. The maximum absolute atomic E-state index is 12.1. The van der Waals surface area contributed by atoms with Crippen LogP contribution in [0.1, 0.15) is 18.4 Å². The Morgan fingerprint density at radius 2 is 2.50 bits per heavy atom. The Morgan fingerprint density at radius 1 is 1.61 bits per heavy atom. The number of nitrogens with zero attached hydrogens (tertiary/aromatic N) is 2. The van der Waals surface area contributed by atoms with Crippen molar-refractivity contribution in [3.63, 3.8) is 0 Å². The Balaban J connectivity index is 1.81. The van der Waals surface area contributed by atoms with Crippen LogP contribution in [0.5, 0.6) is 0 Å². The van der Waals surface area contributed by atoms with E-state index in [0.29, 0.717) is 12.3 Å². The molecular weight excluding hydrogens is 226 g/mol. The number of rotatable bonds is 4. The number of carbonyl (C=O) groups is 1. The molecule has 1 N–H and O–H groups in total. The molecule has 0 radical (unpaired) electrons. The highest BCUT2D eigenvalue weighted by molar-refractivity contribution is 5.78. The highest BCUT2D eigenvalue weighted by Gasteiger charge is 2.18. The third-order valence-corrected chi connectivity index (χ3v) is 3.43. The van der Waals surface area contributed by atoms with Gasteiger partial charge in [-0.25, -0.2) is 0 Å². The molecule has 2 rings (SSSR count). The van der Waals surface area contributed by atoms with Gasteiger partial charge in [-0.15, -0.1) is 0 Å². The monoisotopic (exact) mass is 247 g/mol. The standard InChI is InChI=1S/C14H21N3O/c1-17(11-13-5-3-7-16-10-13)14(18)8-12-4-2-6-15-9-12/h2,4,6,9,13,16H,3,5,7-8,10-11H2,1H3. The zero-order valence-electron chi connectivity index (χ0n) is 10.9. The number of likely N-dealkylation sites (N-methyl/N-ethyl adjacent to an activating group) is 1. The van der Waals surface area contributed by atoms with Crippen LogP contribution < -0.4 is 5.32 Å². The topological polar surface area (TPSA) is 45.2 Å². The smallest absolute Gasteiger partial charge is 0.226 e. The quantitative estimate of drug-likeness (QED) is 0.866. The first kappa shape index (κ1) is 13.0. The van der Waals surface area contributed by atoms with Crippen molar-refractivity contribution in [2.24, 2.45) is 5.92 Å². The van der Waals surface area contributed by atoms with Crippen LogP contribution in [0.15, 0.2) is 24.5 Å². The van der Waals surface area contributed by atoms with Crippen molar-refractivity contribution in [1.29, 1.82) is 0 Å². The largest absolute Gasteiger partial charge is 0.345 e. The molecule has 1 aromatic rings. The van der Waals surface area contributed by atoms with E-state index in [1.165, 1.54) is 12.8 Å². The normalized spacial score (nSPS) is 19.5. The van der Waals surface area contributed by atoms with E-state index < -0.39 is 0 Å². The van der Waals surface area contributed by atoms with Gasteiger partial charge in [-0.2, -0.15) is 0 Å². The highest BCUT2D eigenvalue weighted by Crippen LogP contribution is 2.11. The lowest BCUT2D eigenvalue weighted by Gasteiger charge is -2.27. The molecule has 1 aliphatic heterocycles. The summed E-state index contributed by atoms with van der Waals surface area (Å²) in [6.45, 7) is 3.00. The summed E-state index contributed by atoms with van der Waals surface area (Å²) in [6, 6.07) is 3.81. The molecule has 0 aliphatic carbocycles. The van der Waals surface area contributed by atoms with Crippen molar-refractivity contribution in [2.45, 2.75) is 19.3 Å². The number of amides is 1. The van der Waals surface area contributed by atoms with E-state index in [-0.39, 0.29) is 5.91 Å². The average molecular weight is 247 g/mol. The second kappa shape index (κ2) is 6.50. The number of piperidine rings is 1. The van der Waals surface area contributed by atoms with Crippen LogP contribution in [0.2, 0.25) is 0 Å². The Kier molecular flexibility index (Phi) is 4.70. The Hall–Kier alpha value is -1.42. The molecule has 4 nitrogen and oxygen atoms in total. The van der Waals surface area contributed by atoms with Gasteiger partial charge >= 0.3 is 0 Å². The fourth-order valence-corrected chi connectivity index (χ4v) is 2.38. The molecule has 1 fully saturated rings. The van der Waals surface area contributed by atoms with Crippen molar-refractivity contribution in [3.05, 3.63) is 30.1 Å². The summed E-state index contributed by atoms with van der Waals surface area (Å²) in [5.41, 5.74) is 0.983. The summed E-state index contributed by atoms with van der Waals surface area (Å²) in [6.07, 6.45) is 6.37. The van der Waals surface area contributed by atoms with Crippen LogP contribution in [0.4, 0.5) is 0 Å². The Morgan fingerprint density at radius 3 is 3.17 bits per heavy atom. The number of hydrogen-bond acceptors (Lipinski definition) is 3. The molecule has 1 unspecified atom stereocenters. The SMILES string of the molecule is CN(CC1CCCNC1)C(=O)Cc1cccnc1. The zero-order chi connectivity index (χ0) is 12.8. The van der Waals surface area contributed by atoms with Gasteiger partial charge in [-0.05, 0) is 43.5 Å². The van der Waals surface area contributed by atoms with Crippen LogP contribution >= 0.6 is 0 Å². The summed E-state index contributed by atoms with van der Waals surface area (Å²) in [7, 11) is 1.90. The molecular formula is C14H21N3O. The number of pyridine rings is 1. The zero-order valence-corrected chi connectivity index (χ0v) is 10.9. The number of hydrogen-bond donors (Lipinski definition) is 1. The van der Waals surface area contributed by atoms with E-state index in [4.69, 9.17) is 0 Å². The Labute approximate surface area is 108 Å². The van der Waals surface area contributed by atoms with E-state index >= 15 is 0 Å². The molecule has 0 saturated carbocycles. The molecule has 0 bridgehead atoms. The van der Waals surface area contributed by atoms with Crippen molar-refractivity contribution < 1.29 is 4.79 Å². The second-order valence-electron chi connectivity index (χ2n) is 5.02. The molecule has 18 heavy (non-hydrogen) atoms. The lowest BCUT2D eigenvalue weighted by Crippen LogP contribution is -2.39. The third kappa shape index (κ3) is 3.81. The molecule has 0 aromatic carbocycles. The highest BCUT2D eigenvalue weighted by atomic mass is 16.2. The molecule has 1 aliphatic rings. The van der Waals surface area contributed by atoms with E-state index in [9.17, 15) is 4.79 Å². The van der Waals surface area contributed by atoms with E-state index in [1.54, 1.807) is 12.4 Å². The molecule has 1 amide bonds. The Bertz CT molecular complexity index is 374. The van der Waals surface area contributed by atoms with Crippen LogP contribution in [0.3, 0.4) is 0 Å². The van der Waals surface area contributed by atoms with Gasteiger partial charge in [0.15, 0.2) is 0 Å². The molecule has 1 saturated heterocycles. The fraction of sp³-hybridized carbons (Fsp3) is 0.571. The van der Waals surface area contributed by atoms with Crippen LogP contribution in [0.25, 0.3) is 0 Å². The van der Waals surface area contributed by atoms with Gasteiger partial charge < -0.3 is 10.2 Å². The van der Waals surface area contributed by atoms with Gasteiger partial charge in [-0.3, -0.25) is 9.78 Å². The molecule has 1 aromatic heterocycles. The molecule has 4 heteroatoms. The van der Waals surface area contributed by atoms with Crippen molar-refractivity contribution in [3.8, 4) is 0 Å². The van der Waals surface area contributed by atoms with Crippen molar-refractivity contribution in [2.75, 3.05) is 26.7 Å². The minimum absolute atomic E-state index is 0.175. The minimum atomic E-state index is 0.175. The second-order valence-corrected chi connectivity index (χ2v) is 5.02. The maximum atomic E-state index is 12.1. The molecule has 98 valence electrons. The predicted octanol–water partition coefficient (Wildman–Crippen LogP) is 1.08. The molecule has 0 spiro atoms. The van der Waals surface area contributed by atoms with E-state index in [1.807, 2.05) is 24.1 Å². The first-order chi connectivity index (χ1) is 8.75. The average Bonchev–Trinajstić information content (AvgIpc) is 2.41. The van der Waals surface area contributed by atoms with Gasteiger partial charge in [0.05, 0.1) is 6.42 Å². The van der Waals surface area contributed by atoms with Crippen molar-refractivity contribution >= 4 is 5.91 Å². The van der Waals surface area contributed by atoms with Gasteiger partial charge in [0.1, 0.15) is 0 Å². The van der Waals surface area contributed by atoms with E-state index in [0.717, 1.165) is 25.2 Å². The first-order valence-electron chi connectivity index (χ1n) is 6.59. The maximum Gasteiger partial charge on any atom is 0.226 e. The molecule has 1 atom stereocenters. The van der Waals surface area contributed by atoms with Crippen LogP contribution in [-0.4, -0.2) is 42.5 Å².